The predicted octanol–water partition coefficient (Wildman–Crippen LogP) is 1.07. The van der Waals surface area contributed by atoms with Gasteiger partial charge in [0.05, 0.1) is 11.3 Å². The summed E-state index contributed by atoms with van der Waals surface area (Å²) in [6.07, 6.45) is 0.985. The quantitative estimate of drug-likeness (QED) is 0.780. The molecule has 1 aromatic carbocycles. The molecule has 2 rings (SSSR count). The molecule has 3 N–H and O–H groups in total. The number of thiazole rings is 1. The Morgan fingerprint density at radius 1 is 1.40 bits per heavy atom. The lowest BCUT2D eigenvalue weighted by atomic mass is 10.2. The van der Waals surface area contributed by atoms with Crippen LogP contribution in [0.25, 0.3) is 0 Å². The van der Waals surface area contributed by atoms with Crippen LogP contribution in [0.3, 0.4) is 0 Å². The Balaban J connectivity index is 2.44. The number of hydrogen-bond donors (Lipinski definition) is 3. The van der Waals surface area contributed by atoms with Crippen molar-refractivity contribution < 1.29 is 22.7 Å². The number of carboxylic acid groups (broad SMARTS) is 1. The number of carbonyl (C=O) groups is 1. The zero-order chi connectivity index (χ0) is 14.9. The van der Waals surface area contributed by atoms with Crippen molar-refractivity contribution in [2.75, 3.05) is 4.72 Å². The number of H-pyrrole nitrogens is 1. The number of rotatable bonds is 4. The summed E-state index contributed by atoms with van der Waals surface area (Å²) >= 11 is 0.448. The van der Waals surface area contributed by atoms with Gasteiger partial charge in [-0.1, -0.05) is 11.3 Å². The first-order valence-corrected chi connectivity index (χ1v) is 7.34. The molecule has 0 spiro atoms. The maximum atomic E-state index is 13.0. The maximum absolute atomic E-state index is 13.0. The highest BCUT2D eigenvalue weighted by Crippen LogP contribution is 2.22. The van der Waals surface area contributed by atoms with Crippen LogP contribution < -0.4 is 9.60 Å². The first-order valence-electron chi connectivity index (χ1n) is 5.04. The summed E-state index contributed by atoms with van der Waals surface area (Å²) in [7, 11) is -4.11. The number of hydrogen-bond acceptors (Lipinski definition) is 5. The van der Waals surface area contributed by atoms with Crippen LogP contribution in [0.1, 0.15) is 10.4 Å². The molecular formula is C10H7FN2O5S2. The van der Waals surface area contributed by atoms with Crippen LogP contribution in [0.4, 0.5) is 10.1 Å². The van der Waals surface area contributed by atoms with Crippen LogP contribution in [-0.4, -0.2) is 24.5 Å². The molecule has 0 radical (unpaired) electrons. The summed E-state index contributed by atoms with van der Waals surface area (Å²) in [6.45, 7) is 0. The van der Waals surface area contributed by atoms with Crippen LogP contribution in [-0.2, 0) is 10.0 Å². The Morgan fingerprint density at radius 2 is 2.10 bits per heavy atom. The molecule has 0 amide bonds. The zero-order valence-electron chi connectivity index (χ0n) is 9.58. The van der Waals surface area contributed by atoms with E-state index in [-0.39, 0.29) is 9.90 Å². The van der Waals surface area contributed by atoms with Gasteiger partial charge in [0.25, 0.3) is 10.0 Å². The van der Waals surface area contributed by atoms with Gasteiger partial charge in [0.2, 0.25) is 0 Å². The van der Waals surface area contributed by atoms with Crippen LogP contribution in [0.15, 0.2) is 33.4 Å². The van der Waals surface area contributed by atoms with E-state index in [2.05, 4.69) is 4.98 Å². The second-order valence-corrected chi connectivity index (χ2v) is 6.52. The van der Waals surface area contributed by atoms with Gasteiger partial charge in [-0.3, -0.25) is 9.52 Å². The number of sulfonamides is 1. The molecule has 0 unspecified atom stereocenters. The maximum Gasteiger partial charge on any atom is 0.337 e. The van der Waals surface area contributed by atoms with Crippen molar-refractivity contribution in [2.45, 2.75) is 4.21 Å². The van der Waals surface area contributed by atoms with Gasteiger partial charge in [0, 0.05) is 6.20 Å². The van der Waals surface area contributed by atoms with E-state index in [4.69, 9.17) is 5.11 Å². The summed E-state index contributed by atoms with van der Waals surface area (Å²) < 4.78 is 38.5. The van der Waals surface area contributed by atoms with E-state index in [1.54, 1.807) is 0 Å². The van der Waals surface area contributed by atoms with E-state index >= 15 is 0 Å². The van der Waals surface area contributed by atoms with Crippen molar-refractivity contribution in [2.24, 2.45) is 0 Å². The Kier molecular flexibility index (Phi) is 3.59. The minimum Gasteiger partial charge on any atom is -0.478 e. The van der Waals surface area contributed by atoms with Gasteiger partial charge in [0.15, 0.2) is 4.21 Å². The summed E-state index contributed by atoms with van der Waals surface area (Å²) in [4.78, 5) is 23.5. The Bertz CT molecular complexity index is 824. The third kappa shape index (κ3) is 2.86. The number of halogens is 1. The monoisotopic (exact) mass is 318 g/mol. The summed E-state index contributed by atoms with van der Waals surface area (Å²) in [5.41, 5.74) is -0.823. The van der Waals surface area contributed by atoms with E-state index < -0.39 is 32.2 Å². The van der Waals surface area contributed by atoms with Crippen LogP contribution in [0.2, 0.25) is 0 Å². The summed E-state index contributed by atoms with van der Waals surface area (Å²) in [5, 5.41) is 8.91. The van der Waals surface area contributed by atoms with E-state index in [0.717, 1.165) is 18.3 Å². The standard InChI is InChI=1S/C10H7FN2O5S2/c11-5-1-2-7(6(3-5)9(14)15)13-20(17,18)8-4-12-10(16)19-8/h1-4,13H,(H,12,16)(H,14,15). The molecule has 0 aliphatic rings. The molecule has 1 heterocycles. The number of anilines is 1. The average Bonchev–Trinajstić information content (AvgIpc) is 2.78. The van der Waals surface area contributed by atoms with Crippen LogP contribution >= 0.6 is 11.3 Å². The highest BCUT2D eigenvalue weighted by molar-refractivity contribution is 7.94. The van der Waals surface area contributed by atoms with Crippen molar-refractivity contribution in [3.8, 4) is 0 Å². The largest absolute Gasteiger partial charge is 0.478 e. The van der Waals surface area contributed by atoms with Gasteiger partial charge >= 0.3 is 10.8 Å². The Hall–Kier alpha value is -2.20. The smallest absolute Gasteiger partial charge is 0.337 e. The fourth-order valence-corrected chi connectivity index (χ4v) is 3.37. The van der Waals surface area contributed by atoms with Gasteiger partial charge in [0.1, 0.15) is 5.82 Å². The van der Waals surface area contributed by atoms with Gasteiger partial charge in [-0.25, -0.2) is 17.6 Å². The van der Waals surface area contributed by atoms with Crippen molar-refractivity contribution >= 4 is 33.0 Å². The minimum absolute atomic E-state index is 0.292. The minimum atomic E-state index is -4.11. The predicted molar refractivity (Wildman–Crippen MR) is 69.1 cm³/mol. The first kappa shape index (κ1) is 14.2. The van der Waals surface area contributed by atoms with Crippen molar-refractivity contribution in [3.05, 3.63) is 45.4 Å². The molecule has 0 atom stereocenters. The van der Waals surface area contributed by atoms with Gasteiger partial charge < -0.3 is 10.1 Å². The molecule has 106 valence electrons. The molecule has 1 aromatic heterocycles. The third-order valence-corrected chi connectivity index (χ3v) is 4.89. The second kappa shape index (κ2) is 5.06. The molecule has 0 fully saturated rings. The summed E-state index contributed by atoms with van der Waals surface area (Å²) in [5.74, 6) is -2.29. The van der Waals surface area contributed by atoms with E-state index in [9.17, 15) is 22.4 Å². The molecule has 0 saturated heterocycles. The zero-order valence-corrected chi connectivity index (χ0v) is 11.2. The third-order valence-electron chi connectivity index (χ3n) is 2.22. The molecule has 2 aromatic rings. The van der Waals surface area contributed by atoms with Gasteiger partial charge in [-0.15, -0.1) is 0 Å². The molecule has 0 saturated carbocycles. The van der Waals surface area contributed by atoms with Gasteiger partial charge in [-0.05, 0) is 18.2 Å². The molecular weight excluding hydrogens is 311 g/mol. The molecule has 10 heteroatoms. The lowest BCUT2D eigenvalue weighted by Gasteiger charge is -2.08. The molecule has 7 nitrogen and oxygen atoms in total. The molecule has 20 heavy (non-hydrogen) atoms. The SMILES string of the molecule is O=C(O)c1cc(F)ccc1NS(=O)(=O)c1c[nH]c(=O)s1. The molecule has 0 bridgehead atoms. The number of carboxylic acids is 1. The van der Waals surface area contributed by atoms with Crippen molar-refractivity contribution in [3.63, 3.8) is 0 Å². The molecule has 0 aliphatic carbocycles. The second-order valence-electron chi connectivity index (χ2n) is 3.60. The van der Waals surface area contributed by atoms with Crippen molar-refractivity contribution in [1.29, 1.82) is 0 Å². The van der Waals surface area contributed by atoms with Gasteiger partial charge in [-0.2, -0.15) is 0 Å². The number of benzene rings is 1. The van der Waals surface area contributed by atoms with Crippen LogP contribution in [0.5, 0.6) is 0 Å². The topological polar surface area (TPSA) is 116 Å². The Labute approximate surface area is 115 Å². The normalized spacial score (nSPS) is 11.2. The summed E-state index contributed by atoms with van der Waals surface area (Å²) in [6, 6.07) is 2.61. The number of aromatic carboxylic acids is 1. The van der Waals surface area contributed by atoms with E-state index in [1.165, 1.54) is 0 Å². The number of aromatic nitrogens is 1. The average molecular weight is 318 g/mol. The fraction of sp³-hybridized carbons (Fsp3) is 0. The lowest BCUT2D eigenvalue weighted by Crippen LogP contribution is -2.14. The van der Waals surface area contributed by atoms with Crippen molar-refractivity contribution in [1.82, 2.24) is 4.98 Å². The highest BCUT2D eigenvalue weighted by Gasteiger charge is 2.20. The van der Waals surface area contributed by atoms with E-state index in [0.29, 0.717) is 17.4 Å². The lowest BCUT2D eigenvalue weighted by molar-refractivity contribution is 0.0697. The number of nitrogens with one attached hydrogen (secondary N) is 2. The van der Waals surface area contributed by atoms with Crippen LogP contribution in [0, 0.1) is 5.82 Å². The first-order chi connectivity index (χ1) is 9.29. The fourth-order valence-electron chi connectivity index (χ4n) is 1.38. The van der Waals surface area contributed by atoms with E-state index in [1.807, 2.05) is 4.72 Å². The molecule has 0 aliphatic heterocycles. The Morgan fingerprint density at radius 3 is 2.65 bits per heavy atom. The highest BCUT2D eigenvalue weighted by atomic mass is 32.2. The number of aromatic amines is 1.